The Balaban J connectivity index is 2.50. The molecule has 0 spiro atoms. The van der Waals surface area contributed by atoms with Crippen LogP contribution in [0.4, 0.5) is 11.8 Å². The van der Waals surface area contributed by atoms with E-state index in [-0.39, 0.29) is 0 Å². The van der Waals surface area contributed by atoms with E-state index in [9.17, 15) is 9.59 Å². The van der Waals surface area contributed by atoms with E-state index in [4.69, 9.17) is 21.7 Å². The first-order valence-corrected chi connectivity index (χ1v) is 9.18. The summed E-state index contributed by atoms with van der Waals surface area (Å²) in [6.45, 7) is 4.80. The van der Waals surface area contributed by atoms with Crippen LogP contribution in [-0.2, 0) is 9.59 Å². The van der Waals surface area contributed by atoms with Crippen LogP contribution in [0.2, 0.25) is 0 Å². The number of nitrogens with two attached hydrogens (primary N) is 2. The van der Waals surface area contributed by atoms with Crippen molar-refractivity contribution < 1.29 is 19.8 Å². The Labute approximate surface area is 164 Å². The van der Waals surface area contributed by atoms with E-state index in [2.05, 4.69) is 27.2 Å². The first-order chi connectivity index (χ1) is 13.3. The summed E-state index contributed by atoms with van der Waals surface area (Å²) in [6, 6.07) is -1.70. The van der Waals surface area contributed by atoms with Crippen LogP contribution in [0.3, 0.4) is 0 Å². The van der Waals surface area contributed by atoms with Crippen molar-refractivity contribution in [2.75, 3.05) is 23.7 Å². The highest BCUT2D eigenvalue weighted by Crippen LogP contribution is 2.18. The SMILES string of the molecule is C=C/C=C\c1[nH]c(NCCCC(N)C(=O)O)nc1NCCCCC(N)C(=O)O. The summed E-state index contributed by atoms with van der Waals surface area (Å²) >= 11 is 0. The number of aromatic nitrogens is 2. The lowest BCUT2D eigenvalue weighted by Crippen LogP contribution is -2.30. The zero-order valence-corrected chi connectivity index (χ0v) is 15.9. The van der Waals surface area contributed by atoms with Gasteiger partial charge in [-0.05, 0) is 38.2 Å². The summed E-state index contributed by atoms with van der Waals surface area (Å²) in [5.41, 5.74) is 11.7. The number of allylic oxidation sites excluding steroid dienone is 2. The van der Waals surface area contributed by atoms with Crippen molar-refractivity contribution in [2.24, 2.45) is 11.5 Å². The second kappa shape index (κ2) is 12.5. The summed E-state index contributed by atoms with van der Waals surface area (Å²) in [5, 5.41) is 23.9. The van der Waals surface area contributed by atoms with E-state index in [0.717, 1.165) is 12.1 Å². The predicted octanol–water partition coefficient (Wildman–Crippen LogP) is 1.21. The molecule has 0 bridgehead atoms. The molecular formula is C18H30N6O4. The predicted molar refractivity (Wildman–Crippen MR) is 109 cm³/mol. The van der Waals surface area contributed by atoms with Crippen LogP contribution in [0.1, 0.15) is 37.8 Å². The standard InChI is InChI=1S/C18H30N6O4/c1-2-3-9-14-15(21-10-5-4-7-12(19)16(25)26)24-18(23-14)22-11-6-8-13(20)17(27)28/h2-3,9,12-13,21H,1,4-8,10-11,19-20H2,(H,25,26)(H,27,28)(H2,22,23,24)/b9-3-. The van der Waals surface area contributed by atoms with Crippen molar-refractivity contribution in [3.05, 3.63) is 24.4 Å². The fraction of sp³-hybridized carbons (Fsp3) is 0.500. The number of H-pyrrole nitrogens is 1. The van der Waals surface area contributed by atoms with Crippen molar-refractivity contribution in [3.63, 3.8) is 0 Å². The molecule has 10 nitrogen and oxygen atoms in total. The Morgan fingerprint density at radius 1 is 1.07 bits per heavy atom. The Morgan fingerprint density at radius 3 is 2.29 bits per heavy atom. The van der Waals surface area contributed by atoms with Crippen LogP contribution < -0.4 is 22.1 Å². The van der Waals surface area contributed by atoms with Crippen LogP contribution in [0, 0.1) is 0 Å². The molecule has 10 heteroatoms. The number of nitrogens with zero attached hydrogens (tertiary/aromatic N) is 1. The number of imidazole rings is 1. The van der Waals surface area contributed by atoms with E-state index in [1.54, 1.807) is 12.2 Å². The third-order valence-electron chi connectivity index (χ3n) is 3.98. The van der Waals surface area contributed by atoms with Crippen molar-refractivity contribution >= 4 is 29.8 Å². The third kappa shape index (κ3) is 8.69. The summed E-state index contributed by atoms with van der Waals surface area (Å²) in [5.74, 6) is -0.781. The number of carbonyl (C=O) groups is 2. The van der Waals surface area contributed by atoms with Crippen LogP contribution in [0.25, 0.3) is 6.08 Å². The number of anilines is 2. The zero-order chi connectivity index (χ0) is 20.9. The first kappa shape index (κ1) is 23.2. The van der Waals surface area contributed by atoms with Gasteiger partial charge in [0.05, 0.1) is 5.69 Å². The molecule has 0 amide bonds. The molecule has 0 aliphatic carbocycles. The maximum absolute atomic E-state index is 10.7. The quantitative estimate of drug-likeness (QED) is 0.170. The number of unbranched alkanes of at least 4 members (excludes halogenated alkanes) is 1. The van der Waals surface area contributed by atoms with E-state index in [0.29, 0.717) is 50.5 Å². The fourth-order valence-corrected chi connectivity index (χ4v) is 2.36. The summed E-state index contributed by atoms with van der Waals surface area (Å²) in [7, 11) is 0. The minimum absolute atomic E-state index is 0.371. The molecule has 0 aliphatic heterocycles. The van der Waals surface area contributed by atoms with Crippen molar-refractivity contribution in [2.45, 2.75) is 44.2 Å². The summed E-state index contributed by atoms with van der Waals surface area (Å²) in [4.78, 5) is 29.0. The second-order valence-electron chi connectivity index (χ2n) is 6.32. The molecular weight excluding hydrogens is 364 g/mol. The topological polar surface area (TPSA) is 179 Å². The summed E-state index contributed by atoms with van der Waals surface area (Å²) in [6.07, 6.45) is 8.10. The highest BCUT2D eigenvalue weighted by atomic mass is 16.4. The highest BCUT2D eigenvalue weighted by Gasteiger charge is 2.12. The largest absolute Gasteiger partial charge is 0.480 e. The number of aliphatic carboxylic acids is 2. The molecule has 0 saturated heterocycles. The maximum Gasteiger partial charge on any atom is 0.320 e. The van der Waals surface area contributed by atoms with Gasteiger partial charge in [-0.3, -0.25) is 9.59 Å². The van der Waals surface area contributed by atoms with Crippen LogP contribution >= 0.6 is 0 Å². The van der Waals surface area contributed by atoms with Gasteiger partial charge in [-0.15, -0.1) is 0 Å². The van der Waals surface area contributed by atoms with E-state index < -0.39 is 24.0 Å². The Hall–Kier alpha value is -2.85. The number of carboxylic acid groups (broad SMARTS) is 2. The minimum Gasteiger partial charge on any atom is -0.480 e. The lowest BCUT2D eigenvalue weighted by Gasteiger charge is -2.07. The second-order valence-corrected chi connectivity index (χ2v) is 6.32. The average molecular weight is 394 g/mol. The van der Waals surface area contributed by atoms with Gasteiger partial charge in [-0.1, -0.05) is 18.7 Å². The van der Waals surface area contributed by atoms with Crippen LogP contribution in [-0.4, -0.2) is 57.3 Å². The van der Waals surface area contributed by atoms with Crippen molar-refractivity contribution in [3.8, 4) is 0 Å². The van der Waals surface area contributed by atoms with Crippen molar-refractivity contribution in [1.82, 2.24) is 9.97 Å². The van der Waals surface area contributed by atoms with Gasteiger partial charge in [0.2, 0.25) is 5.95 Å². The number of hydrogen-bond donors (Lipinski definition) is 7. The lowest BCUT2D eigenvalue weighted by atomic mass is 10.1. The van der Waals surface area contributed by atoms with Gasteiger partial charge in [0.15, 0.2) is 5.82 Å². The fourth-order valence-electron chi connectivity index (χ4n) is 2.36. The number of rotatable bonds is 15. The lowest BCUT2D eigenvalue weighted by molar-refractivity contribution is -0.139. The number of carboxylic acids is 2. The molecule has 9 N–H and O–H groups in total. The monoisotopic (exact) mass is 394 g/mol. The highest BCUT2D eigenvalue weighted by molar-refractivity contribution is 5.73. The molecule has 28 heavy (non-hydrogen) atoms. The van der Waals surface area contributed by atoms with Gasteiger partial charge in [-0.2, -0.15) is 4.98 Å². The van der Waals surface area contributed by atoms with E-state index >= 15 is 0 Å². The Morgan fingerprint density at radius 2 is 1.68 bits per heavy atom. The molecule has 2 atom stereocenters. The van der Waals surface area contributed by atoms with Gasteiger partial charge in [-0.25, -0.2) is 0 Å². The Kier molecular flexibility index (Phi) is 10.4. The van der Waals surface area contributed by atoms with Gasteiger partial charge in [0.25, 0.3) is 0 Å². The van der Waals surface area contributed by atoms with Gasteiger partial charge < -0.3 is 37.3 Å². The molecule has 1 aromatic rings. The van der Waals surface area contributed by atoms with Gasteiger partial charge in [0.1, 0.15) is 12.1 Å². The molecule has 0 aliphatic rings. The Bertz CT molecular complexity index is 673. The molecule has 1 rings (SSSR count). The number of nitrogens with one attached hydrogen (secondary N) is 3. The van der Waals surface area contributed by atoms with Gasteiger partial charge in [0, 0.05) is 13.1 Å². The molecule has 1 heterocycles. The number of hydrogen-bond acceptors (Lipinski definition) is 7. The summed E-state index contributed by atoms with van der Waals surface area (Å²) < 4.78 is 0. The smallest absolute Gasteiger partial charge is 0.320 e. The molecule has 0 aromatic carbocycles. The molecule has 2 unspecified atom stereocenters. The van der Waals surface area contributed by atoms with Crippen molar-refractivity contribution in [1.29, 1.82) is 0 Å². The van der Waals surface area contributed by atoms with Gasteiger partial charge >= 0.3 is 11.9 Å². The molecule has 0 radical (unpaired) electrons. The molecule has 0 saturated carbocycles. The van der Waals surface area contributed by atoms with E-state index in [1.807, 2.05) is 6.08 Å². The minimum atomic E-state index is -1.01. The third-order valence-corrected chi connectivity index (χ3v) is 3.98. The normalized spacial score (nSPS) is 13.2. The molecule has 1 aromatic heterocycles. The van der Waals surface area contributed by atoms with Crippen LogP contribution in [0.5, 0.6) is 0 Å². The zero-order valence-electron chi connectivity index (χ0n) is 15.9. The molecule has 156 valence electrons. The molecule has 0 fully saturated rings. The first-order valence-electron chi connectivity index (χ1n) is 9.18. The average Bonchev–Trinajstić information content (AvgIpc) is 3.04. The maximum atomic E-state index is 10.7. The van der Waals surface area contributed by atoms with E-state index in [1.165, 1.54) is 0 Å². The van der Waals surface area contributed by atoms with Crippen LogP contribution in [0.15, 0.2) is 18.7 Å². The number of aromatic amines is 1.